The van der Waals surface area contributed by atoms with Crippen LogP contribution in [0.25, 0.3) is 0 Å². The maximum absolute atomic E-state index is 14.1. The second kappa shape index (κ2) is 28.5. The minimum Gasteiger partial charge on any atom is -0.481 e. The number of hydrogen-bond donors (Lipinski definition) is 5. The van der Waals surface area contributed by atoms with Gasteiger partial charge in [-0.15, -0.1) is 0 Å². The number of ether oxygens (including phenoxy) is 3. The number of aromatic amines is 1. The molecule has 1 aromatic heterocycles. The van der Waals surface area contributed by atoms with Gasteiger partial charge < -0.3 is 40.3 Å². The Bertz CT molecular complexity index is 2440. The fraction of sp³-hybridized carbons (Fsp3) is 0.787. The molecule has 3 amide bonds. The first-order valence-electron chi connectivity index (χ1n) is 24.7. The molecule has 1 rings (SSSR count). The number of ketones is 3. The maximum Gasteiger partial charge on any atom is 0.460 e. The number of carbonyl (C=O) groups is 7. The predicted molar refractivity (Wildman–Crippen MR) is 246 cm³/mol. The molecule has 0 bridgehead atoms. The molecule has 0 aromatic carbocycles. The van der Waals surface area contributed by atoms with Gasteiger partial charge in [-0.3, -0.25) is 33.6 Å². The van der Waals surface area contributed by atoms with Crippen LogP contribution in [0.1, 0.15) is 92.2 Å². The van der Waals surface area contributed by atoms with E-state index in [1.807, 2.05) is 5.32 Å². The van der Waals surface area contributed by atoms with Crippen molar-refractivity contribution in [2.75, 3.05) is 52.7 Å². The Hall–Kier alpha value is -5.53. The molecule has 0 saturated heterocycles. The van der Waals surface area contributed by atoms with Crippen molar-refractivity contribution in [1.29, 1.82) is 0 Å². The Labute approximate surface area is 469 Å². The highest BCUT2D eigenvalue weighted by molar-refractivity contribution is 5.99. The molecular formula is C47H60F21N6O11. The molecule has 0 aliphatic heterocycles. The van der Waals surface area contributed by atoms with E-state index >= 15 is 0 Å². The Morgan fingerprint density at radius 2 is 1.00 bits per heavy atom. The van der Waals surface area contributed by atoms with Crippen LogP contribution in [0.2, 0.25) is 0 Å². The van der Waals surface area contributed by atoms with E-state index in [0.29, 0.717) is 5.69 Å². The standard InChI is InChI=1S/C47H60F21N6O11/c1-35(2,19-29(76)36(3,4)20-30(77)37(5,6)74-33(80)27(69)18-26-21-70-24-73-26)28(75)17-25(34(81)82)9-7-8-11-71-31(78)23-85-16-15-83-14-12-72-32(79)22-84-13-10-38(48,49)39(50,51)40(52,53)41(54,55)42(56,57)43(58,59)44(60,61)45(62,63)46(64,65)47(66,67)68/h21,24-25,27,69H,7-20,22-23H2,1-6H3,(H,70,73)(H,71,78)(H,72,79)(H,74,80)(H,81,82)/t25-,27+/m1/s1. The first-order valence-corrected chi connectivity index (χ1v) is 24.7. The summed E-state index contributed by atoms with van der Waals surface area (Å²) in [6.07, 6.45) is -9.03. The molecular weight excluding hydrogens is 1220 g/mol. The molecule has 1 heterocycles. The van der Waals surface area contributed by atoms with E-state index < -0.39 is 175 Å². The number of rotatable bonds is 40. The molecule has 6 N–H and O–H groups in total. The van der Waals surface area contributed by atoms with Gasteiger partial charge in [-0.2, -0.15) is 92.2 Å². The van der Waals surface area contributed by atoms with Gasteiger partial charge in [-0.05, 0) is 26.7 Å². The average molecular weight is 1280 g/mol. The first kappa shape index (κ1) is 77.5. The Morgan fingerprint density at radius 3 is 1.47 bits per heavy atom. The number of nitrogens with zero attached hydrogens (tertiary/aromatic N) is 1. The molecule has 0 aliphatic rings. The van der Waals surface area contributed by atoms with Crippen molar-refractivity contribution in [3.8, 4) is 0 Å². The lowest BCUT2D eigenvalue weighted by Crippen LogP contribution is -2.76. The Morgan fingerprint density at radius 1 is 0.565 bits per heavy atom. The predicted octanol–water partition coefficient (Wildman–Crippen LogP) is 8.25. The van der Waals surface area contributed by atoms with E-state index in [9.17, 15) is 131 Å². The fourth-order valence-corrected chi connectivity index (χ4v) is 7.05. The number of hydrogen-bond acceptors (Lipinski definition) is 11. The molecule has 0 fully saturated rings. The molecule has 491 valence electrons. The largest absolute Gasteiger partial charge is 0.481 e. The van der Waals surface area contributed by atoms with E-state index in [-0.39, 0.29) is 58.3 Å². The molecule has 0 unspecified atom stereocenters. The number of unbranched alkanes of at least 4 members (excludes halogenated alkanes) is 1. The smallest absolute Gasteiger partial charge is 0.460 e. The number of carbonyl (C=O) groups excluding carboxylic acids is 6. The number of H-pyrrole nitrogens is 1. The van der Waals surface area contributed by atoms with Gasteiger partial charge in [0.1, 0.15) is 30.8 Å². The zero-order valence-corrected chi connectivity index (χ0v) is 45.5. The molecule has 1 radical (unpaired) electrons. The number of alkyl halides is 21. The molecule has 0 spiro atoms. The lowest BCUT2D eigenvalue weighted by atomic mass is 9.71. The highest BCUT2D eigenvalue weighted by Crippen LogP contribution is 2.66. The maximum atomic E-state index is 14.1. The summed E-state index contributed by atoms with van der Waals surface area (Å²) in [6.45, 7) is 3.17. The van der Waals surface area contributed by atoms with Crippen LogP contribution in [-0.4, -0.2) is 180 Å². The van der Waals surface area contributed by atoms with Crippen molar-refractivity contribution in [3.05, 3.63) is 18.2 Å². The highest BCUT2D eigenvalue weighted by atomic mass is 19.4. The summed E-state index contributed by atoms with van der Waals surface area (Å²) in [5.41, 5.74) is 4.50. The van der Waals surface area contributed by atoms with E-state index in [1.165, 1.54) is 54.1 Å². The zero-order valence-electron chi connectivity index (χ0n) is 45.5. The van der Waals surface area contributed by atoms with Crippen LogP contribution in [0.3, 0.4) is 0 Å². The van der Waals surface area contributed by atoms with Crippen LogP contribution < -0.4 is 21.7 Å². The van der Waals surface area contributed by atoms with Crippen molar-refractivity contribution in [2.24, 2.45) is 16.7 Å². The number of nitrogens with one attached hydrogen (secondary N) is 5. The quantitative estimate of drug-likeness (QED) is 0.0308. The third-order valence-corrected chi connectivity index (χ3v) is 12.8. The lowest BCUT2D eigenvalue weighted by Gasteiger charge is -2.44. The molecule has 38 heteroatoms. The van der Waals surface area contributed by atoms with Crippen LogP contribution >= 0.6 is 0 Å². The van der Waals surface area contributed by atoms with Crippen LogP contribution in [-0.2, 0) is 54.2 Å². The molecule has 2 atom stereocenters. The van der Waals surface area contributed by atoms with Gasteiger partial charge in [-0.25, -0.2) is 10.7 Å². The van der Waals surface area contributed by atoms with Gasteiger partial charge in [0.25, 0.3) is 0 Å². The van der Waals surface area contributed by atoms with Gasteiger partial charge >= 0.3 is 65.4 Å². The highest BCUT2D eigenvalue weighted by Gasteiger charge is 2.97. The second-order valence-corrected chi connectivity index (χ2v) is 21.0. The van der Waals surface area contributed by atoms with Gasteiger partial charge in [0, 0.05) is 67.9 Å². The minimum absolute atomic E-state index is 0.00197. The molecule has 1 aromatic rings. The van der Waals surface area contributed by atoms with Gasteiger partial charge in [0.05, 0.1) is 44.2 Å². The zero-order chi connectivity index (χ0) is 66.7. The van der Waals surface area contributed by atoms with Crippen molar-refractivity contribution in [2.45, 2.75) is 164 Å². The van der Waals surface area contributed by atoms with Crippen LogP contribution in [0.5, 0.6) is 0 Å². The van der Waals surface area contributed by atoms with E-state index in [2.05, 4.69) is 25.3 Å². The number of carboxylic acids is 1. The number of imidazole rings is 1. The normalized spacial score (nSPS) is 14.8. The van der Waals surface area contributed by atoms with Crippen molar-refractivity contribution in [3.63, 3.8) is 0 Å². The van der Waals surface area contributed by atoms with Crippen LogP contribution in [0, 0.1) is 16.7 Å². The van der Waals surface area contributed by atoms with E-state index in [0.717, 1.165) is 0 Å². The third-order valence-electron chi connectivity index (χ3n) is 12.8. The molecule has 17 nitrogen and oxygen atoms in total. The van der Waals surface area contributed by atoms with Crippen LogP contribution in [0.4, 0.5) is 92.2 Å². The number of Topliss-reactive ketones (excluding diaryl/α,β-unsaturated/α-hetero) is 3. The lowest BCUT2D eigenvalue weighted by molar-refractivity contribution is -0.474. The van der Waals surface area contributed by atoms with Crippen molar-refractivity contribution < 1.29 is 145 Å². The summed E-state index contributed by atoms with van der Waals surface area (Å²) in [6, 6.07) is -1.27. The fourth-order valence-electron chi connectivity index (χ4n) is 7.05. The van der Waals surface area contributed by atoms with Gasteiger partial charge in [0.2, 0.25) is 17.7 Å². The SMILES string of the molecule is CC(C)(CC(=O)C(C)(C)CC(=O)C(C)(C)NC(=O)[C@@H]([NH])Cc1cnc[nH]1)C(=O)C[C@@H](CCCCNC(=O)COCCOCCNC(=O)COCCC(F)(F)C(F)(F)C(F)(F)C(F)(F)C(F)(F)C(F)(F)C(F)(F)C(F)(F)C(F)(F)C(F)(F)F)C(=O)O. The Kier molecular flexibility index (Phi) is 26.0. The van der Waals surface area contributed by atoms with Gasteiger partial charge in [0.15, 0.2) is 5.78 Å². The molecule has 85 heavy (non-hydrogen) atoms. The summed E-state index contributed by atoms with van der Waals surface area (Å²) in [5, 5.41) is 16.7. The summed E-state index contributed by atoms with van der Waals surface area (Å²) < 4.78 is 299. The first-order chi connectivity index (χ1) is 38.1. The van der Waals surface area contributed by atoms with E-state index in [1.54, 1.807) is 0 Å². The summed E-state index contributed by atoms with van der Waals surface area (Å²) in [7, 11) is 0. The summed E-state index contributed by atoms with van der Waals surface area (Å²) >= 11 is 0. The third kappa shape index (κ3) is 18.3. The summed E-state index contributed by atoms with van der Waals surface area (Å²) in [4.78, 5) is 95.4. The molecule has 0 aliphatic carbocycles. The Balaban J connectivity index is 2.52. The average Bonchev–Trinajstić information content (AvgIpc) is 0.897. The monoisotopic (exact) mass is 1280 g/mol. The second-order valence-electron chi connectivity index (χ2n) is 21.0. The van der Waals surface area contributed by atoms with Crippen molar-refractivity contribution >= 4 is 41.0 Å². The number of halogens is 21. The molecule has 0 saturated carbocycles. The van der Waals surface area contributed by atoms with Gasteiger partial charge in [-0.1, -0.05) is 34.1 Å². The van der Waals surface area contributed by atoms with Crippen molar-refractivity contribution in [1.82, 2.24) is 31.7 Å². The summed E-state index contributed by atoms with van der Waals surface area (Å²) in [5.74, 6) is -84.9. The number of aliphatic carboxylic acids is 1. The van der Waals surface area contributed by atoms with E-state index in [4.69, 9.17) is 15.2 Å². The number of aromatic nitrogens is 2. The minimum atomic E-state index is -9.29. The van der Waals surface area contributed by atoms with Crippen LogP contribution in [0.15, 0.2) is 12.5 Å². The number of carboxylic acid groups (broad SMARTS) is 1. The number of amides is 3. The topological polar surface area (TPSA) is 256 Å².